The predicted octanol–water partition coefficient (Wildman–Crippen LogP) is 4.29. The summed E-state index contributed by atoms with van der Waals surface area (Å²) in [5, 5.41) is 18.3. The van der Waals surface area contributed by atoms with Crippen LogP contribution in [0.25, 0.3) is 6.08 Å². The molecule has 2 N–H and O–H groups in total. The van der Waals surface area contributed by atoms with Crippen molar-refractivity contribution >= 4 is 35.6 Å². The molecule has 0 radical (unpaired) electrons. The van der Waals surface area contributed by atoms with Crippen molar-refractivity contribution in [2.75, 3.05) is 19.6 Å². The zero-order valence-electron chi connectivity index (χ0n) is 20.3. The molecule has 0 atom stereocenters. The molecule has 0 bridgehead atoms. The predicted molar refractivity (Wildman–Crippen MR) is 136 cm³/mol. The first-order valence-electron chi connectivity index (χ1n) is 10.9. The molecule has 10 nitrogen and oxygen atoms in total. The summed E-state index contributed by atoms with van der Waals surface area (Å²) in [6.07, 6.45) is 5.68. The first-order valence-corrected chi connectivity index (χ1v) is 10.9. The number of nitro groups is 1. The van der Waals surface area contributed by atoms with E-state index < -0.39 is 22.8 Å². The standard InChI is InChI=1S/C17H18N2O6.C9H8N2/c1-9-13(16(20)24-3)15(14(10(2)18-9)17(21)25-4)11-7-5-6-8-12(11)19(22)23;1-2-6-9-8(4-1)5-3-7-10-11-9/h5-8,15,18H,1-4H3;1-7,11H. The maximum absolute atomic E-state index is 12.3. The van der Waals surface area contributed by atoms with E-state index >= 15 is 0 Å². The van der Waals surface area contributed by atoms with Crippen LogP contribution in [0.2, 0.25) is 0 Å². The Hall–Kier alpha value is -4.73. The Morgan fingerprint density at radius 2 is 1.53 bits per heavy atom. The molecule has 2 aromatic rings. The Bertz CT molecular complexity index is 1270. The quantitative estimate of drug-likeness (QED) is 0.369. The molecule has 2 aliphatic rings. The molecule has 0 aliphatic carbocycles. The number of hydrogen-bond acceptors (Lipinski definition) is 9. The highest BCUT2D eigenvalue weighted by Crippen LogP contribution is 2.42. The van der Waals surface area contributed by atoms with E-state index in [1.807, 2.05) is 36.4 Å². The number of allylic oxidation sites excluding steroid dienone is 3. The largest absolute Gasteiger partial charge is 0.466 e. The lowest BCUT2D eigenvalue weighted by Crippen LogP contribution is -2.32. The molecular weight excluding hydrogens is 464 g/mol. The van der Waals surface area contributed by atoms with Crippen molar-refractivity contribution in [2.24, 2.45) is 5.10 Å². The summed E-state index contributed by atoms with van der Waals surface area (Å²) in [5.74, 6) is -2.33. The number of rotatable bonds is 4. The minimum absolute atomic E-state index is 0.128. The van der Waals surface area contributed by atoms with Gasteiger partial charge in [-0.15, -0.1) is 0 Å². The molecule has 0 saturated heterocycles. The number of carbonyl (C=O) groups excluding carboxylic acids is 2. The van der Waals surface area contributed by atoms with Crippen LogP contribution in [0.3, 0.4) is 0 Å². The zero-order valence-corrected chi connectivity index (χ0v) is 20.3. The second-order valence-corrected chi connectivity index (χ2v) is 7.77. The van der Waals surface area contributed by atoms with Gasteiger partial charge in [0.15, 0.2) is 0 Å². The van der Waals surface area contributed by atoms with Crippen LogP contribution in [0.15, 0.2) is 82.2 Å². The SMILES string of the molecule is C1=Cc2ccccc2NN=C1.COC(=O)C1=C(C)NC(C)=C(C(=O)OC)C1c1ccccc1[N+](=O)[O-]. The van der Waals surface area contributed by atoms with Gasteiger partial charge in [-0.3, -0.25) is 15.5 Å². The van der Waals surface area contributed by atoms with Gasteiger partial charge < -0.3 is 14.8 Å². The molecule has 0 fully saturated rings. The molecule has 186 valence electrons. The first-order chi connectivity index (χ1) is 17.3. The molecule has 0 saturated carbocycles. The van der Waals surface area contributed by atoms with Crippen molar-refractivity contribution in [3.05, 3.63) is 98.4 Å². The summed E-state index contributed by atoms with van der Waals surface area (Å²) < 4.78 is 9.66. The third-order valence-corrected chi connectivity index (χ3v) is 5.60. The van der Waals surface area contributed by atoms with Crippen molar-refractivity contribution in [2.45, 2.75) is 19.8 Å². The molecule has 10 heteroatoms. The third-order valence-electron chi connectivity index (χ3n) is 5.60. The average Bonchev–Trinajstić information content (AvgIpc) is 3.13. The van der Waals surface area contributed by atoms with Gasteiger partial charge in [-0.05, 0) is 31.6 Å². The molecule has 0 spiro atoms. The van der Waals surface area contributed by atoms with Crippen LogP contribution in [0.5, 0.6) is 0 Å². The van der Waals surface area contributed by atoms with E-state index in [9.17, 15) is 19.7 Å². The van der Waals surface area contributed by atoms with Gasteiger partial charge in [0, 0.05) is 29.2 Å². The first kappa shape index (κ1) is 25.9. The smallest absolute Gasteiger partial charge is 0.336 e. The number of ether oxygens (including phenoxy) is 2. The van der Waals surface area contributed by atoms with Crippen molar-refractivity contribution in [1.82, 2.24) is 5.32 Å². The van der Waals surface area contributed by atoms with Gasteiger partial charge in [0.05, 0.1) is 41.9 Å². The number of carbonyl (C=O) groups is 2. The van der Waals surface area contributed by atoms with Crippen molar-refractivity contribution in [1.29, 1.82) is 0 Å². The lowest BCUT2D eigenvalue weighted by Gasteiger charge is -2.29. The number of dihydropyridines is 1. The van der Waals surface area contributed by atoms with Crippen molar-refractivity contribution in [3.63, 3.8) is 0 Å². The molecule has 0 aromatic heterocycles. The normalized spacial score (nSPS) is 14.4. The summed E-state index contributed by atoms with van der Waals surface area (Å²) in [4.78, 5) is 35.6. The molecule has 2 aromatic carbocycles. The Balaban J connectivity index is 0.000000270. The molecule has 4 rings (SSSR count). The van der Waals surface area contributed by atoms with Gasteiger partial charge in [0.25, 0.3) is 5.69 Å². The second kappa shape index (κ2) is 11.6. The van der Waals surface area contributed by atoms with Crippen LogP contribution in [0.1, 0.15) is 30.9 Å². The highest BCUT2D eigenvalue weighted by Gasteiger charge is 2.40. The van der Waals surface area contributed by atoms with Crippen molar-refractivity contribution in [3.8, 4) is 0 Å². The monoisotopic (exact) mass is 490 g/mol. The topological polar surface area (TPSA) is 132 Å². The van der Waals surface area contributed by atoms with E-state index in [1.165, 1.54) is 38.0 Å². The summed E-state index contributed by atoms with van der Waals surface area (Å²) >= 11 is 0. The number of nitrogens with one attached hydrogen (secondary N) is 2. The lowest BCUT2D eigenvalue weighted by atomic mass is 9.79. The molecular formula is C26H26N4O6. The maximum Gasteiger partial charge on any atom is 0.336 e. The van der Waals surface area contributed by atoms with Crippen LogP contribution in [-0.2, 0) is 19.1 Å². The Morgan fingerprint density at radius 3 is 2.14 bits per heavy atom. The number of anilines is 1. The number of para-hydroxylation sites is 2. The number of fused-ring (bicyclic) bond motifs is 1. The second-order valence-electron chi connectivity index (χ2n) is 7.77. The van der Waals surface area contributed by atoms with Crippen LogP contribution in [0, 0.1) is 10.1 Å². The van der Waals surface area contributed by atoms with Crippen LogP contribution in [-0.4, -0.2) is 37.3 Å². The van der Waals surface area contributed by atoms with E-state index in [1.54, 1.807) is 26.1 Å². The summed E-state index contributed by atoms with van der Waals surface area (Å²) in [7, 11) is 2.42. The van der Waals surface area contributed by atoms with E-state index in [2.05, 4.69) is 15.8 Å². The van der Waals surface area contributed by atoms with Gasteiger partial charge in [-0.2, -0.15) is 5.10 Å². The minimum Gasteiger partial charge on any atom is -0.466 e. The maximum atomic E-state index is 12.3. The fraction of sp³-hybridized carbons (Fsp3) is 0.192. The number of benzene rings is 2. The highest BCUT2D eigenvalue weighted by molar-refractivity contribution is 6.00. The number of hydrogen-bond donors (Lipinski definition) is 2. The van der Waals surface area contributed by atoms with Gasteiger partial charge in [0.1, 0.15) is 0 Å². The fourth-order valence-electron chi connectivity index (χ4n) is 4.00. The summed E-state index contributed by atoms with van der Waals surface area (Å²) in [6, 6.07) is 14.0. The van der Waals surface area contributed by atoms with Gasteiger partial charge in [0.2, 0.25) is 0 Å². The van der Waals surface area contributed by atoms with Crippen molar-refractivity contribution < 1.29 is 24.0 Å². The van der Waals surface area contributed by atoms with Crippen LogP contribution >= 0.6 is 0 Å². The summed E-state index contributed by atoms with van der Waals surface area (Å²) in [5.41, 5.74) is 6.35. The highest BCUT2D eigenvalue weighted by atomic mass is 16.6. The Morgan fingerprint density at radius 1 is 0.944 bits per heavy atom. The van der Waals surface area contributed by atoms with E-state index in [-0.39, 0.29) is 22.4 Å². The average molecular weight is 491 g/mol. The van der Waals surface area contributed by atoms with Crippen LogP contribution in [0.4, 0.5) is 11.4 Å². The minimum atomic E-state index is -0.970. The fourth-order valence-corrected chi connectivity index (χ4v) is 4.00. The number of methoxy groups -OCH3 is 2. The van der Waals surface area contributed by atoms with Gasteiger partial charge in [-0.25, -0.2) is 9.59 Å². The lowest BCUT2D eigenvalue weighted by molar-refractivity contribution is -0.385. The third kappa shape index (κ3) is 5.49. The van der Waals surface area contributed by atoms with Crippen LogP contribution < -0.4 is 10.7 Å². The van der Waals surface area contributed by atoms with Gasteiger partial charge in [-0.1, -0.05) is 42.5 Å². The molecule has 0 unspecified atom stereocenters. The van der Waals surface area contributed by atoms with E-state index in [0.29, 0.717) is 11.4 Å². The number of nitrogens with zero attached hydrogens (tertiary/aromatic N) is 2. The Labute approximate surface area is 208 Å². The molecule has 36 heavy (non-hydrogen) atoms. The number of hydrazone groups is 1. The Kier molecular flexibility index (Phi) is 8.35. The van der Waals surface area contributed by atoms with Gasteiger partial charge >= 0.3 is 11.9 Å². The zero-order chi connectivity index (χ0) is 26.2. The number of esters is 2. The molecule has 2 heterocycles. The molecule has 0 amide bonds. The van der Waals surface area contributed by atoms with E-state index in [4.69, 9.17) is 9.47 Å². The number of nitro benzene ring substituents is 1. The van der Waals surface area contributed by atoms with E-state index in [0.717, 1.165) is 5.69 Å². The molecule has 2 aliphatic heterocycles. The summed E-state index contributed by atoms with van der Waals surface area (Å²) in [6.45, 7) is 3.29.